The van der Waals surface area contributed by atoms with Crippen LogP contribution in [0.3, 0.4) is 0 Å². The Kier molecular flexibility index (Phi) is 5.81. The third kappa shape index (κ3) is 4.85. The van der Waals surface area contributed by atoms with Crippen LogP contribution in [0.1, 0.15) is 11.8 Å². The van der Waals surface area contributed by atoms with Crippen molar-refractivity contribution in [2.75, 3.05) is 18.0 Å². The minimum absolute atomic E-state index is 0.00796. The van der Waals surface area contributed by atoms with E-state index in [4.69, 9.17) is 0 Å². The Hall–Kier alpha value is -2.28. The van der Waals surface area contributed by atoms with E-state index in [1.165, 1.54) is 29.2 Å². The fourth-order valence-corrected chi connectivity index (χ4v) is 2.79. The lowest BCUT2D eigenvalue weighted by Crippen LogP contribution is -2.38. The van der Waals surface area contributed by atoms with E-state index in [1.54, 1.807) is 0 Å². The minimum Gasteiger partial charge on any atom is -0.354 e. The second kappa shape index (κ2) is 7.82. The van der Waals surface area contributed by atoms with E-state index in [-0.39, 0.29) is 37.0 Å². The van der Waals surface area contributed by atoms with Crippen molar-refractivity contribution in [1.82, 2.24) is 5.32 Å². The first-order valence-corrected chi connectivity index (χ1v) is 7.87. The summed E-state index contributed by atoms with van der Waals surface area (Å²) in [5.41, 5.74) is -0.00796. The number of hydrogen-bond donors (Lipinski definition) is 1. The number of carbonyl (C=O) groups excluding carboxylic acids is 2. The zero-order chi connectivity index (χ0) is 16.8. The first kappa shape index (κ1) is 17.1. The summed E-state index contributed by atoms with van der Waals surface area (Å²) in [7, 11) is 0. The van der Waals surface area contributed by atoms with Crippen LogP contribution in [0.4, 0.5) is 14.5 Å². The number of nitrogens with one attached hydrogen (secondary N) is 1. The molecule has 0 saturated carbocycles. The van der Waals surface area contributed by atoms with E-state index in [0.717, 1.165) is 17.0 Å². The molecule has 1 N–H and O–H groups in total. The normalized spacial score (nSPS) is 10.4. The molecule has 122 valence electrons. The lowest BCUT2D eigenvalue weighted by Gasteiger charge is -2.22. The van der Waals surface area contributed by atoms with Gasteiger partial charge >= 0.3 is 0 Å². The van der Waals surface area contributed by atoms with Gasteiger partial charge in [0.05, 0.1) is 12.1 Å². The largest absolute Gasteiger partial charge is 0.354 e. The van der Waals surface area contributed by atoms with E-state index < -0.39 is 11.6 Å². The predicted molar refractivity (Wildman–Crippen MR) is 85.4 cm³/mol. The third-order valence-corrected chi connectivity index (χ3v) is 4.03. The second-order valence-electron chi connectivity index (χ2n) is 4.87. The molecule has 1 aromatic heterocycles. The average molecular weight is 338 g/mol. The molecule has 1 heterocycles. The lowest BCUT2D eigenvalue weighted by molar-refractivity contribution is -0.120. The standard InChI is InChI=1S/C16H16F2N2O2S/c1-11(21)20(15-5-4-12(17)9-14(15)18)7-6-19-16(22)10-13-3-2-8-23-13/h2-5,8-9H,6-7,10H2,1H3,(H,19,22). The van der Waals surface area contributed by atoms with E-state index in [0.29, 0.717) is 0 Å². The van der Waals surface area contributed by atoms with E-state index >= 15 is 0 Å². The minimum atomic E-state index is -0.815. The Morgan fingerprint density at radius 1 is 1.26 bits per heavy atom. The zero-order valence-electron chi connectivity index (χ0n) is 12.5. The number of hydrogen-bond acceptors (Lipinski definition) is 3. The van der Waals surface area contributed by atoms with Crippen molar-refractivity contribution >= 4 is 28.8 Å². The van der Waals surface area contributed by atoms with E-state index in [9.17, 15) is 18.4 Å². The number of anilines is 1. The molecule has 2 rings (SSSR count). The Bertz CT molecular complexity index is 689. The highest BCUT2D eigenvalue weighted by molar-refractivity contribution is 7.10. The molecule has 0 atom stereocenters. The van der Waals surface area contributed by atoms with Gasteiger partial charge in [-0.2, -0.15) is 0 Å². The second-order valence-corrected chi connectivity index (χ2v) is 5.90. The van der Waals surface area contributed by atoms with Crippen LogP contribution in [0.2, 0.25) is 0 Å². The topological polar surface area (TPSA) is 49.4 Å². The summed E-state index contributed by atoms with van der Waals surface area (Å²) >= 11 is 1.49. The monoisotopic (exact) mass is 338 g/mol. The molecule has 23 heavy (non-hydrogen) atoms. The molecule has 4 nitrogen and oxygen atoms in total. The number of halogens is 2. The number of amides is 2. The summed E-state index contributed by atoms with van der Waals surface area (Å²) in [5, 5.41) is 4.57. The summed E-state index contributed by atoms with van der Waals surface area (Å²) in [5.74, 6) is -2.08. The molecule has 0 aliphatic carbocycles. The smallest absolute Gasteiger partial charge is 0.225 e. The van der Waals surface area contributed by atoms with Crippen molar-refractivity contribution in [3.63, 3.8) is 0 Å². The van der Waals surface area contributed by atoms with E-state index in [1.807, 2.05) is 17.5 Å². The van der Waals surface area contributed by atoms with Gasteiger partial charge in [-0.25, -0.2) is 8.78 Å². The van der Waals surface area contributed by atoms with Gasteiger partial charge in [-0.05, 0) is 23.6 Å². The number of thiophene rings is 1. The third-order valence-electron chi connectivity index (χ3n) is 3.15. The molecule has 2 aromatic rings. The Morgan fingerprint density at radius 2 is 2.04 bits per heavy atom. The molecular formula is C16H16F2N2O2S. The molecule has 0 fully saturated rings. The molecule has 0 aliphatic heterocycles. The highest BCUT2D eigenvalue weighted by Gasteiger charge is 2.16. The molecule has 0 saturated heterocycles. The number of nitrogens with zero attached hydrogens (tertiary/aromatic N) is 1. The van der Waals surface area contributed by atoms with Gasteiger partial charge in [0, 0.05) is 31.0 Å². The summed E-state index contributed by atoms with van der Waals surface area (Å²) in [6.45, 7) is 1.57. The van der Waals surface area contributed by atoms with Crippen LogP contribution < -0.4 is 10.2 Å². The molecule has 2 amide bonds. The molecule has 1 aromatic carbocycles. The van der Waals surface area contributed by atoms with Crippen LogP contribution in [0.15, 0.2) is 35.7 Å². The maximum atomic E-state index is 13.8. The highest BCUT2D eigenvalue weighted by Crippen LogP contribution is 2.20. The summed E-state index contributed by atoms with van der Waals surface area (Å²) < 4.78 is 26.7. The maximum absolute atomic E-state index is 13.8. The molecule has 0 bridgehead atoms. The number of rotatable bonds is 6. The molecule has 7 heteroatoms. The molecule has 0 unspecified atom stereocenters. The Balaban J connectivity index is 1.92. The van der Waals surface area contributed by atoms with Gasteiger partial charge in [-0.1, -0.05) is 6.07 Å². The first-order valence-electron chi connectivity index (χ1n) is 6.99. The Morgan fingerprint density at radius 3 is 2.65 bits per heavy atom. The van der Waals surface area contributed by atoms with Crippen LogP contribution in [-0.4, -0.2) is 24.9 Å². The van der Waals surface area contributed by atoms with Crippen LogP contribution in [0, 0.1) is 11.6 Å². The number of benzene rings is 1. The van der Waals surface area contributed by atoms with Crippen LogP contribution in [-0.2, 0) is 16.0 Å². The van der Waals surface area contributed by atoms with Crippen molar-refractivity contribution in [1.29, 1.82) is 0 Å². The van der Waals surface area contributed by atoms with Gasteiger partial charge in [0.25, 0.3) is 0 Å². The van der Waals surface area contributed by atoms with Gasteiger partial charge in [0.15, 0.2) is 0 Å². The van der Waals surface area contributed by atoms with Gasteiger partial charge in [-0.15, -0.1) is 11.3 Å². The fraction of sp³-hybridized carbons (Fsp3) is 0.250. The van der Waals surface area contributed by atoms with Crippen molar-refractivity contribution in [2.45, 2.75) is 13.3 Å². The fourth-order valence-electron chi connectivity index (χ4n) is 2.09. The summed E-state index contributed by atoms with van der Waals surface area (Å²) in [4.78, 5) is 25.6. The van der Waals surface area contributed by atoms with Crippen molar-refractivity contribution in [3.05, 3.63) is 52.2 Å². The quantitative estimate of drug-likeness (QED) is 0.880. The first-order chi connectivity index (χ1) is 11.0. The van der Waals surface area contributed by atoms with Crippen molar-refractivity contribution < 1.29 is 18.4 Å². The van der Waals surface area contributed by atoms with Crippen LogP contribution >= 0.6 is 11.3 Å². The zero-order valence-corrected chi connectivity index (χ0v) is 13.3. The molecule has 0 aliphatic rings. The van der Waals surface area contributed by atoms with E-state index in [2.05, 4.69) is 5.32 Å². The average Bonchev–Trinajstić information content (AvgIpc) is 2.97. The predicted octanol–water partition coefficient (Wildman–Crippen LogP) is 2.74. The number of carbonyl (C=O) groups is 2. The van der Waals surface area contributed by atoms with Crippen LogP contribution in [0.5, 0.6) is 0 Å². The van der Waals surface area contributed by atoms with Gasteiger partial charge in [-0.3, -0.25) is 9.59 Å². The van der Waals surface area contributed by atoms with Crippen molar-refractivity contribution in [2.24, 2.45) is 0 Å². The van der Waals surface area contributed by atoms with Gasteiger partial charge < -0.3 is 10.2 Å². The Labute approximate surface area is 136 Å². The van der Waals surface area contributed by atoms with Gasteiger partial charge in [0.2, 0.25) is 11.8 Å². The molecule has 0 spiro atoms. The van der Waals surface area contributed by atoms with Crippen molar-refractivity contribution in [3.8, 4) is 0 Å². The highest BCUT2D eigenvalue weighted by atomic mass is 32.1. The molecular weight excluding hydrogens is 322 g/mol. The summed E-state index contributed by atoms with van der Waals surface area (Å²) in [6, 6.07) is 6.74. The van der Waals surface area contributed by atoms with Gasteiger partial charge in [0.1, 0.15) is 11.6 Å². The lowest BCUT2D eigenvalue weighted by atomic mass is 10.2. The van der Waals surface area contributed by atoms with Crippen LogP contribution in [0.25, 0.3) is 0 Å². The SMILES string of the molecule is CC(=O)N(CCNC(=O)Cc1cccs1)c1ccc(F)cc1F. The maximum Gasteiger partial charge on any atom is 0.225 e. The molecule has 0 radical (unpaired) electrons. The summed E-state index contributed by atoms with van der Waals surface area (Å²) in [6.07, 6.45) is 0.267.